The summed E-state index contributed by atoms with van der Waals surface area (Å²) < 4.78 is 0. The lowest BCUT2D eigenvalue weighted by molar-refractivity contribution is 0.572. The average Bonchev–Trinajstić information content (AvgIpc) is 2.14. The smallest absolute Gasteiger partial charge is 0.111 e. The minimum atomic E-state index is -0.0366. The van der Waals surface area contributed by atoms with E-state index in [1.807, 2.05) is 0 Å². The number of nitrogens with zero attached hydrogens (tertiary/aromatic N) is 1. The zero-order valence-corrected chi connectivity index (χ0v) is 10.8. The number of rotatable bonds is 6. The molecule has 0 aliphatic carbocycles. The first-order valence-electron chi connectivity index (χ1n) is 6.05. The molecule has 0 aliphatic heterocycles. The van der Waals surface area contributed by atoms with E-state index in [1.54, 1.807) is 0 Å². The maximum Gasteiger partial charge on any atom is 0.111 e. The van der Waals surface area contributed by atoms with E-state index in [0.29, 0.717) is 0 Å². The zero-order valence-electron chi connectivity index (χ0n) is 10.8. The molecule has 0 aromatic rings. The molecule has 0 aromatic heterocycles. The summed E-state index contributed by atoms with van der Waals surface area (Å²) in [5, 5.41) is 0. The van der Waals surface area contributed by atoms with Crippen LogP contribution in [0, 0.1) is 0 Å². The van der Waals surface area contributed by atoms with Crippen molar-refractivity contribution in [1.82, 2.24) is 5.43 Å². The highest BCUT2D eigenvalue weighted by molar-refractivity contribution is 5.81. The maximum absolute atomic E-state index is 5.44. The highest BCUT2D eigenvalue weighted by atomic mass is 15.3. The Balaban J connectivity index is 3.76. The molecule has 0 atom stereocenters. The second-order valence-corrected chi connectivity index (χ2v) is 5.04. The fourth-order valence-electron chi connectivity index (χ4n) is 1.46. The number of nitrogens with one attached hydrogen (secondary N) is 1. The molecule has 15 heavy (non-hydrogen) atoms. The number of unbranched alkanes of at least 4 members (excludes halogenated alkanes) is 4. The molecule has 0 amide bonds. The zero-order chi connectivity index (χ0) is 11.7. The lowest BCUT2D eigenvalue weighted by atomic mass is 10.1. The number of hydrazine groups is 1. The maximum atomic E-state index is 5.44. The summed E-state index contributed by atoms with van der Waals surface area (Å²) in [7, 11) is 0. The summed E-state index contributed by atoms with van der Waals surface area (Å²) >= 11 is 0. The van der Waals surface area contributed by atoms with Crippen molar-refractivity contribution in [2.45, 2.75) is 71.8 Å². The van der Waals surface area contributed by atoms with Crippen LogP contribution in [0.5, 0.6) is 0 Å². The SMILES string of the molecule is CCCCCCCC(=NC(C)(C)C)NN. The van der Waals surface area contributed by atoms with Crippen molar-refractivity contribution in [3.05, 3.63) is 0 Å². The Morgan fingerprint density at radius 3 is 2.20 bits per heavy atom. The summed E-state index contributed by atoms with van der Waals surface area (Å²) in [6.45, 7) is 8.48. The van der Waals surface area contributed by atoms with Crippen molar-refractivity contribution in [1.29, 1.82) is 0 Å². The molecule has 0 saturated carbocycles. The third kappa shape index (κ3) is 9.73. The Bertz CT molecular complexity index is 180. The second-order valence-electron chi connectivity index (χ2n) is 5.04. The van der Waals surface area contributed by atoms with Crippen LogP contribution < -0.4 is 11.3 Å². The molecule has 0 fully saturated rings. The van der Waals surface area contributed by atoms with E-state index >= 15 is 0 Å². The normalized spacial score (nSPS) is 13.0. The van der Waals surface area contributed by atoms with E-state index in [4.69, 9.17) is 5.84 Å². The fraction of sp³-hybridized carbons (Fsp3) is 0.917. The molecule has 0 bridgehead atoms. The van der Waals surface area contributed by atoms with Crippen molar-refractivity contribution in [2.75, 3.05) is 0 Å². The molecular weight excluding hydrogens is 186 g/mol. The Morgan fingerprint density at radius 2 is 1.73 bits per heavy atom. The number of hydrogen-bond acceptors (Lipinski definition) is 2. The van der Waals surface area contributed by atoms with Gasteiger partial charge in [-0.2, -0.15) is 0 Å². The van der Waals surface area contributed by atoms with Gasteiger partial charge in [0.2, 0.25) is 0 Å². The summed E-state index contributed by atoms with van der Waals surface area (Å²) in [5.74, 6) is 6.37. The third-order valence-electron chi connectivity index (χ3n) is 2.15. The molecule has 0 aromatic carbocycles. The number of hydrogen-bond donors (Lipinski definition) is 2. The molecule has 0 saturated heterocycles. The monoisotopic (exact) mass is 213 g/mol. The number of nitrogens with two attached hydrogens (primary N) is 1. The molecule has 0 aliphatic rings. The van der Waals surface area contributed by atoms with Crippen molar-refractivity contribution >= 4 is 5.84 Å². The minimum Gasteiger partial charge on any atom is -0.312 e. The molecular formula is C12H27N3. The van der Waals surface area contributed by atoms with Crippen molar-refractivity contribution < 1.29 is 0 Å². The van der Waals surface area contributed by atoms with Crippen molar-refractivity contribution in [3.63, 3.8) is 0 Å². The predicted molar refractivity (Wildman–Crippen MR) is 67.9 cm³/mol. The van der Waals surface area contributed by atoms with E-state index in [-0.39, 0.29) is 5.54 Å². The first kappa shape index (κ1) is 14.4. The van der Waals surface area contributed by atoms with E-state index < -0.39 is 0 Å². The van der Waals surface area contributed by atoms with Gasteiger partial charge >= 0.3 is 0 Å². The predicted octanol–water partition coefficient (Wildman–Crippen LogP) is 3.01. The van der Waals surface area contributed by atoms with Gasteiger partial charge in [0.1, 0.15) is 5.84 Å². The molecule has 0 rings (SSSR count). The van der Waals surface area contributed by atoms with Gasteiger partial charge in [0, 0.05) is 6.42 Å². The topological polar surface area (TPSA) is 50.4 Å². The van der Waals surface area contributed by atoms with E-state index in [9.17, 15) is 0 Å². The van der Waals surface area contributed by atoms with Gasteiger partial charge in [-0.1, -0.05) is 32.6 Å². The summed E-state index contributed by atoms with van der Waals surface area (Å²) in [4.78, 5) is 4.53. The van der Waals surface area contributed by atoms with Crippen LogP contribution in [-0.2, 0) is 0 Å². The van der Waals surface area contributed by atoms with E-state index in [2.05, 4.69) is 38.1 Å². The molecule has 3 heteroatoms. The molecule has 0 heterocycles. The van der Waals surface area contributed by atoms with Gasteiger partial charge in [0.25, 0.3) is 0 Å². The van der Waals surface area contributed by atoms with E-state index in [1.165, 1.54) is 32.1 Å². The first-order valence-corrected chi connectivity index (χ1v) is 6.05. The lowest BCUT2D eigenvalue weighted by Crippen LogP contribution is -2.32. The number of aliphatic imine (C=N–C) groups is 1. The van der Waals surface area contributed by atoms with Gasteiger partial charge in [-0.25, -0.2) is 5.84 Å². The Morgan fingerprint density at radius 1 is 1.13 bits per heavy atom. The third-order valence-corrected chi connectivity index (χ3v) is 2.15. The van der Waals surface area contributed by atoms with Gasteiger partial charge in [0.05, 0.1) is 5.54 Å². The highest BCUT2D eigenvalue weighted by Crippen LogP contribution is 2.09. The number of amidine groups is 1. The van der Waals surface area contributed by atoms with Crippen LogP contribution >= 0.6 is 0 Å². The van der Waals surface area contributed by atoms with Gasteiger partial charge in [0.15, 0.2) is 0 Å². The van der Waals surface area contributed by atoms with Gasteiger partial charge < -0.3 is 5.43 Å². The quantitative estimate of drug-likeness (QED) is 0.234. The fourth-order valence-corrected chi connectivity index (χ4v) is 1.46. The molecule has 3 N–H and O–H groups in total. The summed E-state index contributed by atoms with van der Waals surface area (Å²) in [6.07, 6.45) is 7.37. The van der Waals surface area contributed by atoms with Crippen LogP contribution in [0.3, 0.4) is 0 Å². The molecule has 0 spiro atoms. The van der Waals surface area contributed by atoms with Crippen LogP contribution in [0.4, 0.5) is 0 Å². The van der Waals surface area contributed by atoms with Gasteiger partial charge in [-0.15, -0.1) is 0 Å². The Hall–Kier alpha value is -0.570. The van der Waals surface area contributed by atoms with E-state index in [0.717, 1.165) is 12.3 Å². The highest BCUT2D eigenvalue weighted by Gasteiger charge is 2.08. The standard InChI is InChI=1S/C12H27N3/c1-5-6-7-8-9-10-11(15-13)14-12(2,3)4/h5-10,13H2,1-4H3,(H,14,15). The molecule has 90 valence electrons. The summed E-state index contributed by atoms with van der Waals surface area (Å²) in [6, 6.07) is 0. The Labute approximate surface area is 94.5 Å². The Kier molecular flexibility index (Phi) is 7.39. The van der Waals surface area contributed by atoms with Crippen LogP contribution in [0.1, 0.15) is 66.2 Å². The van der Waals surface area contributed by atoms with Crippen molar-refractivity contribution in [3.8, 4) is 0 Å². The molecule has 0 radical (unpaired) electrons. The lowest BCUT2D eigenvalue weighted by Gasteiger charge is -2.15. The average molecular weight is 213 g/mol. The van der Waals surface area contributed by atoms with Crippen LogP contribution in [0.2, 0.25) is 0 Å². The minimum absolute atomic E-state index is 0.0366. The van der Waals surface area contributed by atoms with Crippen LogP contribution in [-0.4, -0.2) is 11.4 Å². The van der Waals surface area contributed by atoms with Crippen LogP contribution in [0.15, 0.2) is 4.99 Å². The molecule has 3 nitrogen and oxygen atoms in total. The van der Waals surface area contributed by atoms with Gasteiger partial charge in [-0.05, 0) is 27.2 Å². The van der Waals surface area contributed by atoms with Crippen molar-refractivity contribution in [2.24, 2.45) is 10.8 Å². The first-order chi connectivity index (χ1) is 6.99. The second kappa shape index (κ2) is 7.69. The molecule has 0 unspecified atom stereocenters. The van der Waals surface area contributed by atoms with Gasteiger partial charge in [-0.3, -0.25) is 4.99 Å². The largest absolute Gasteiger partial charge is 0.312 e. The summed E-state index contributed by atoms with van der Waals surface area (Å²) in [5.41, 5.74) is 2.66. The van der Waals surface area contributed by atoms with Crippen LogP contribution in [0.25, 0.3) is 0 Å².